The zero-order valence-electron chi connectivity index (χ0n) is 17.6. The van der Waals surface area contributed by atoms with Crippen LogP contribution in [0.5, 0.6) is 0 Å². The van der Waals surface area contributed by atoms with Crippen LogP contribution in [0.15, 0.2) is 40.3 Å². The SMILES string of the molecule is CC(C)(C)C1CN=C(CSC2CN=C(NC(=O)c3ccc(C=CC(=O)NO)cc3)S2)O1. The molecule has 0 aliphatic carbocycles. The average Bonchev–Trinajstić information content (AvgIpc) is 3.40. The summed E-state index contributed by atoms with van der Waals surface area (Å²) in [5, 5.41) is 11.9. The van der Waals surface area contributed by atoms with Crippen LogP contribution in [0.25, 0.3) is 6.08 Å². The van der Waals surface area contributed by atoms with E-state index < -0.39 is 5.91 Å². The molecule has 2 heterocycles. The number of thioether (sulfide) groups is 2. The second-order valence-corrected chi connectivity index (χ2v) is 10.8. The Balaban J connectivity index is 1.42. The first-order chi connectivity index (χ1) is 14.7. The Morgan fingerprint density at radius 1 is 1.26 bits per heavy atom. The van der Waals surface area contributed by atoms with Crippen molar-refractivity contribution in [1.82, 2.24) is 10.8 Å². The van der Waals surface area contributed by atoms with Crippen molar-refractivity contribution >= 4 is 52.5 Å². The lowest BCUT2D eigenvalue weighted by atomic mass is 9.89. The van der Waals surface area contributed by atoms with E-state index in [1.165, 1.54) is 29.4 Å². The largest absolute Gasteiger partial charge is 0.475 e. The van der Waals surface area contributed by atoms with Gasteiger partial charge in [0.2, 0.25) is 0 Å². The van der Waals surface area contributed by atoms with Gasteiger partial charge in [0.1, 0.15) is 6.10 Å². The minimum atomic E-state index is -0.619. The number of amidine groups is 1. The summed E-state index contributed by atoms with van der Waals surface area (Å²) in [4.78, 5) is 32.4. The number of hydrogen-bond donors (Lipinski definition) is 3. The van der Waals surface area contributed by atoms with Crippen molar-refractivity contribution in [1.29, 1.82) is 0 Å². The van der Waals surface area contributed by atoms with Gasteiger partial charge in [-0.1, -0.05) is 44.7 Å². The topological polar surface area (TPSA) is 112 Å². The molecule has 166 valence electrons. The minimum absolute atomic E-state index is 0.0706. The average molecular weight is 463 g/mol. The molecule has 2 amide bonds. The number of hydroxylamine groups is 1. The van der Waals surface area contributed by atoms with Gasteiger partial charge >= 0.3 is 0 Å². The molecule has 0 saturated heterocycles. The third kappa shape index (κ3) is 6.84. The third-order valence-electron chi connectivity index (χ3n) is 4.63. The number of benzene rings is 1. The van der Waals surface area contributed by atoms with E-state index in [4.69, 9.17) is 9.94 Å². The fourth-order valence-corrected chi connectivity index (χ4v) is 4.87. The van der Waals surface area contributed by atoms with E-state index in [0.29, 0.717) is 29.6 Å². The smallest absolute Gasteiger partial charge is 0.267 e. The predicted octanol–water partition coefficient (Wildman–Crippen LogP) is 2.94. The van der Waals surface area contributed by atoms with Crippen LogP contribution in [0.2, 0.25) is 0 Å². The van der Waals surface area contributed by atoms with Gasteiger partial charge in [0.15, 0.2) is 11.1 Å². The summed E-state index contributed by atoms with van der Waals surface area (Å²) in [5.74, 6) is 0.626. The molecule has 10 heteroatoms. The number of nitrogens with one attached hydrogen (secondary N) is 2. The molecule has 0 bridgehead atoms. The maximum absolute atomic E-state index is 12.5. The Hall–Kier alpha value is -2.30. The first kappa shape index (κ1) is 23.4. The number of carbonyl (C=O) groups excluding carboxylic acids is 2. The Kier molecular flexibility index (Phi) is 7.79. The Bertz CT molecular complexity index is 907. The summed E-state index contributed by atoms with van der Waals surface area (Å²) in [7, 11) is 0. The molecule has 2 aliphatic rings. The van der Waals surface area contributed by atoms with Crippen LogP contribution in [-0.2, 0) is 9.53 Å². The minimum Gasteiger partial charge on any atom is -0.475 e. The van der Waals surface area contributed by atoms with Gasteiger partial charge < -0.3 is 10.1 Å². The lowest BCUT2D eigenvalue weighted by Gasteiger charge is -2.25. The van der Waals surface area contributed by atoms with Gasteiger partial charge in [-0.2, -0.15) is 0 Å². The molecule has 3 rings (SSSR count). The van der Waals surface area contributed by atoms with E-state index in [9.17, 15) is 9.59 Å². The molecule has 1 aromatic carbocycles. The van der Waals surface area contributed by atoms with Crippen molar-refractivity contribution in [3.8, 4) is 0 Å². The molecule has 0 saturated carbocycles. The molecule has 0 radical (unpaired) electrons. The quantitative estimate of drug-likeness (QED) is 0.340. The standard InChI is InChI=1S/C21H26N4O4S2/c1-21(2,3)15-10-22-17(29-15)12-30-18-11-23-20(31-18)24-19(27)14-7-4-13(5-8-14)6-9-16(26)25-28/h4-9,15,18,28H,10-12H2,1-3H3,(H,25,26)(H,23,24,27). The van der Waals surface area contributed by atoms with Crippen molar-refractivity contribution in [2.24, 2.45) is 15.4 Å². The molecule has 0 aromatic heterocycles. The Morgan fingerprint density at radius 3 is 2.65 bits per heavy atom. The number of hydrogen-bond acceptors (Lipinski definition) is 8. The molecule has 3 N–H and O–H groups in total. The summed E-state index contributed by atoms with van der Waals surface area (Å²) in [6.07, 6.45) is 2.86. The molecule has 2 atom stereocenters. The monoisotopic (exact) mass is 462 g/mol. The lowest BCUT2D eigenvalue weighted by molar-refractivity contribution is -0.124. The van der Waals surface area contributed by atoms with Gasteiger partial charge in [0.25, 0.3) is 11.8 Å². The third-order valence-corrected chi connectivity index (χ3v) is 7.13. The van der Waals surface area contributed by atoms with Crippen molar-refractivity contribution < 1.29 is 19.5 Å². The lowest BCUT2D eigenvalue weighted by Crippen LogP contribution is -2.30. The molecular weight excluding hydrogens is 436 g/mol. The fourth-order valence-electron chi connectivity index (χ4n) is 2.75. The van der Waals surface area contributed by atoms with Crippen molar-refractivity contribution in [2.75, 3.05) is 18.8 Å². The molecule has 8 nitrogen and oxygen atoms in total. The maximum atomic E-state index is 12.5. The number of aliphatic imine (C=N–C) groups is 2. The number of rotatable bonds is 6. The van der Waals surface area contributed by atoms with Crippen LogP contribution in [-0.4, -0.2) is 57.6 Å². The molecule has 31 heavy (non-hydrogen) atoms. The first-order valence-electron chi connectivity index (χ1n) is 9.81. The van der Waals surface area contributed by atoms with Crippen LogP contribution < -0.4 is 10.8 Å². The summed E-state index contributed by atoms with van der Waals surface area (Å²) in [5.41, 5.74) is 2.81. The molecule has 1 aromatic rings. The van der Waals surface area contributed by atoms with E-state index >= 15 is 0 Å². The fraction of sp³-hybridized carbons (Fsp3) is 0.429. The van der Waals surface area contributed by atoms with Crippen molar-refractivity contribution in [3.05, 3.63) is 41.5 Å². The van der Waals surface area contributed by atoms with E-state index in [2.05, 4.69) is 36.1 Å². The van der Waals surface area contributed by atoms with Crippen LogP contribution in [0, 0.1) is 5.41 Å². The summed E-state index contributed by atoms with van der Waals surface area (Å²) in [6, 6.07) is 6.76. The van der Waals surface area contributed by atoms with Crippen LogP contribution in [0.1, 0.15) is 36.7 Å². The molecule has 2 unspecified atom stereocenters. The number of amides is 2. The summed E-state index contributed by atoms with van der Waals surface area (Å²) < 4.78 is 6.16. The van der Waals surface area contributed by atoms with Gasteiger partial charge in [0.05, 0.1) is 23.4 Å². The summed E-state index contributed by atoms with van der Waals surface area (Å²) in [6.45, 7) is 7.78. The number of carbonyl (C=O) groups is 2. The van der Waals surface area contributed by atoms with Crippen LogP contribution >= 0.6 is 23.5 Å². The Morgan fingerprint density at radius 2 is 2.00 bits per heavy atom. The van der Waals surface area contributed by atoms with E-state index in [1.807, 2.05) is 0 Å². The van der Waals surface area contributed by atoms with Gasteiger partial charge in [-0.25, -0.2) is 5.48 Å². The number of nitrogens with zero attached hydrogens (tertiary/aromatic N) is 2. The van der Waals surface area contributed by atoms with Crippen LogP contribution in [0.3, 0.4) is 0 Å². The van der Waals surface area contributed by atoms with Crippen molar-refractivity contribution in [3.63, 3.8) is 0 Å². The van der Waals surface area contributed by atoms with Gasteiger partial charge in [-0.15, -0.1) is 11.8 Å². The summed E-state index contributed by atoms with van der Waals surface area (Å²) >= 11 is 3.25. The Labute approximate surface area is 190 Å². The second-order valence-electron chi connectivity index (χ2n) is 8.10. The van der Waals surface area contributed by atoms with E-state index in [0.717, 1.165) is 11.5 Å². The molecule has 2 aliphatic heterocycles. The van der Waals surface area contributed by atoms with Gasteiger partial charge in [-0.3, -0.25) is 24.8 Å². The molecule has 0 fully saturated rings. The highest BCUT2D eigenvalue weighted by Gasteiger charge is 2.32. The predicted molar refractivity (Wildman–Crippen MR) is 126 cm³/mol. The normalized spacial score (nSPS) is 20.9. The van der Waals surface area contributed by atoms with Gasteiger partial charge in [0, 0.05) is 17.1 Å². The molecule has 0 spiro atoms. The number of ether oxygens (including phenoxy) is 1. The van der Waals surface area contributed by atoms with E-state index in [-0.39, 0.29) is 22.0 Å². The van der Waals surface area contributed by atoms with Crippen LogP contribution in [0.4, 0.5) is 0 Å². The highest BCUT2D eigenvalue weighted by Crippen LogP contribution is 2.32. The molecular formula is C21H26N4O4S2. The maximum Gasteiger partial charge on any atom is 0.267 e. The van der Waals surface area contributed by atoms with Crippen molar-refractivity contribution in [2.45, 2.75) is 31.5 Å². The second kappa shape index (κ2) is 10.3. The van der Waals surface area contributed by atoms with E-state index in [1.54, 1.807) is 36.0 Å². The zero-order valence-corrected chi connectivity index (χ0v) is 19.3. The highest BCUT2D eigenvalue weighted by molar-refractivity contribution is 8.25. The first-order valence-corrected chi connectivity index (χ1v) is 11.7. The highest BCUT2D eigenvalue weighted by atomic mass is 32.2. The van der Waals surface area contributed by atoms with Gasteiger partial charge in [-0.05, 0) is 23.8 Å². The zero-order chi connectivity index (χ0) is 22.4.